The predicted octanol–water partition coefficient (Wildman–Crippen LogP) is 1.80. The number of halogens is 2. The van der Waals surface area contributed by atoms with Crippen LogP contribution in [-0.4, -0.2) is 34.7 Å². The van der Waals surface area contributed by atoms with Crippen molar-refractivity contribution in [2.24, 2.45) is 5.92 Å². The van der Waals surface area contributed by atoms with Crippen molar-refractivity contribution < 1.29 is 28.6 Å². The molecule has 0 radical (unpaired) electrons. The highest BCUT2D eigenvalue weighted by Gasteiger charge is 2.22. The van der Waals surface area contributed by atoms with Crippen molar-refractivity contribution in [2.45, 2.75) is 26.3 Å². The van der Waals surface area contributed by atoms with Crippen LogP contribution in [0.15, 0.2) is 12.1 Å². The summed E-state index contributed by atoms with van der Waals surface area (Å²) in [6.45, 7) is 3.43. The molecule has 1 amide bonds. The van der Waals surface area contributed by atoms with Crippen LogP contribution in [-0.2, 0) is 0 Å². The number of benzene rings is 1. The van der Waals surface area contributed by atoms with E-state index in [1.54, 1.807) is 0 Å². The molecule has 0 saturated heterocycles. The molecule has 5 nitrogen and oxygen atoms in total. The van der Waals surface area contributed by atoms with E-state index in [9.17, 15) is 23.5 Å². The lowest BCUT2D eigenvalue weighted by Gasteiger charge is -2.19. The lowest BCUT2D eigenvalue weighted by Crippen LogP contribution is -2.39. The molecule has 7 heteroatoms. The number of carbonyl (C=O) groups excluding carboxylic acids is 1. The van der Waals surface area contributed by atoms with E-state index in [1.165, 1.54) is 0 Å². The van der Waals surface area contributed by atoms with Crippen LogP contribution in [0.2, 0.25) is 0 Å². The molecular weight excluding hydrogens is 284 g/mol. The summed E-state index contributed by atoms with van der Waals surface area (Å²) in [5.74, 6) is -4.87. The van der Waals surface area contributed by atoms with Gasteiger partial charge in [0.25, 0.3) is 5.91 Å². The second-order valence-corrected chi connectivity index (χ2v) is 5.10. The summed E-state index contributed by atoms with van der Waals surface area (Å²) in [5.41, 5.74) is -1.11. The minimum absolute atomic E-state index is 0.186. The molecule has 21 heavy (non-hydrogen) atoms. The van der Waals surface area contributed by atoms with Crippen molar-refractivity contribution in [3.63, 3.8) is 0 Å². The van der Waals surface area contributed by atoms with Crippen molar-refractivity contribution >= 4 is 11.9 Å². The van der Waals surface area contributed by atoms with Gasteiger partial charge in [0.15, 0.2) is 11.6 Å². The highest BCUT2D eigenvalue weighted by atomic mass is 19.2. The average Bonchev–Trinajstić information content (AvgIpc) is 2.39. The maximum absolute atomic E-state index is 13.2. The summed E-state index contributed by atoms with van der Waals surface area (Å²) >= 11 is 0. The van der Waals surface area contributed by atoms with Gasteiger partial charge in [0.2, 0.25) is 0 Å². The summed E-state index contributed by atoms with van der Waals surface area (Å²) in [7, 11) is 0. The first-order valence-corrected chi connectivity index (χ1v) is 6.40. The normalized spacial score (nSPS) is 12.3. The second-order valence-electron chi connectivity index (χ2n) is 5.10. The maximum atomic E-state index is 13.2. The fourth-order valence-corrected chi connectivity index (χ4v) is 1.92. The topological polar surface area (TPSA) is 86.6 Å². The predicted molar refractivity (Wildman–Crippen MR) is 71.1 cm³/mol. The number of rotatable bonds is 6. The van der Waals surface area contributed by atoms with Gasteiger partial charge in [-0.1, -0.05) is 13.8 Å². The van der Waals surface area contributed by atoms with Crippen LogP contribution >= 0.6 is 0 Å². The quantitative estimate of drug-likeness (QED) is 0.748. The number of carboxylic acid groups (broad SMARTS) is 1. The van der Waals surface area contributed by atoms with Crippen molar-refractivity contribution in [1.82, 2.24) is 5.32 Å². The number of carboxylic acids is 1. The van der Waals surface area contributed by atoms with Gasteiger partial charge < -0.3 is 15.5 Å². The van der Waals surface area contributed by atoms with Crippen molar-refractivity contribution in [3.8, 4) is 0 Å². The number of aromatic carboxylic acids is 1. The standard InChI is InChI=1S/C14H17F2NO4/c1-7(2)3-8(6-18)17-13(19)9-4-11(15)12(16)5-10(9)14(20)21/h4-5,7-8,18H,3,6H2,1-2H3,(H,17,19)(H,20,21). The summed E-state index contributed by atoms with van der Waals surface area (Å²) in [6.07, 6.45) is 0.467. The lowest BCUT2D eigenvalue weighted by atomic mass is 10.0. The molecule has 0 aromatic heterocycles. The van der Waals surface area contributed by atoms with Crippen LogP contribution in [0.5, 0.6) is 0 Å². The first kappa shape index (κ1) is 17.0. The van der Waals surface area contributed by atoms with Gasteiger partial charge in [-0.15, -0.1) is 0 Å². The van der Waals surface area contributed by atoms with E-state index < -0.39 is 40.7 Å². The van der Waals surface area contributed by atoms with Gasteiger partial charge in [0.1, 0.15) is 0 Å². The molecule has 0 aliphatic heterocycles. The Bertz CT molecular complexity index is 546. The molecule has 1 aromatic rings. The Morgan fingerprint density at radius 1 is 1.19 bits per heavy atom. The third-order valence-electron chi connectivity index (χ3n) is 2.85. The van der Waals surface area contributed by atoms with E-state index in [2.05, 4.69) is 5.32 Å². The Labute approximate surface area is 120 Å². The summed E-state index contributed by atoms with van der Waals surface area (Å²) < 4.78 is 26.3. The molecule has 1 atom stereocenters. The number of carbonyl (C=O) groups is 2. The Hall–Kier alpha value is -2.02. The zero-order chi connectivity index (χ0) is 16.2. The van der Waals surface area contributed by atoms with E-state index in [-0.39, 0.29) is 12.5 Å². The zero-order valence-electron chi connectivity index (χ0n) is 11.7. The highest BCUT2D eigenvalue weighted by molar-refractivity contribution is 6.04. The van der Waals surface area contributed by atoms with Crippen molar-refractivity contribution in [2.75, 3.05) is 6.61 Å². The maximum Gasteiger partial charge on any atom is 0.336 e. The first-order valence-electron chi connectivity index (χ1n) is 6.40. The van der Waals surface area contributed by atoms with Crippen LogP contribution in [0, 0.1) is 17.6 Å². The van der Waals surface area contributed by atoms with Gasteiger partial charge in [0, 0.05) is 0 Å². The monoisotopic (exact) mass is 301 g/mol. The molecule has 116 valence electrons. The number of hydrogen-bond donors (Lipinski definition) is 3. The van der Waals surface area contributed by atoms with Crippen LogP contribution in [0.1, 0.15) is 41.0 Å². The number of amides is 1. The van der Waals surface area contributed by atoms with Crippen LogP contribution in [0.4, 0.5) is 8.78 Å². The van der Waals surface area contributed by atoms with E-state index >= 15 is 0 Å². The van der Waals surface area contributed by atoms with Crippen molar-refractivity contribution in [1.29, 1.82) is 0 Å². The molecule has 0 aliphatic rings. The fourth-order valence-electron chi connectivity index (χ4n) is 1.92. The van der Waals surface area contributed by atoms with E-state index in [4.69, 9.17) is 5.11 Å². The van der Waals surface area contributed by atoms with Crippen molar-refractivity contribution in [3.05, 3.63) is 34.9 Å². The Morgan fingerprint density at radius 2 is 1.71 bits per heavy atom. The van der Waals surface area contributed by atoms with Gasteiger partial charge in [-0.05, 0) is 24.5 Å². The minimum Gasteiger partial charge on any atom is -0.478 e. The Kier molecular flexibility index (Phi) is 5.78. The third kappa shape index (κ3) is 4.49. The fraction of sp³-hybridized carbons (Fsp3) is 0.429. The molecule has 0 fully saturated rings. The van der Waals surface area contributed by atoms with Gasteiger partial charge in [-0.3, -0.25) is 4.79 Å². The summed E-state index contributed by atoms with van der Waals surface area (Å²) in [5, 5.41) is 20.5. The molecule has 1 unspecified atom stereocenters. The Balaban J connectivity index is 3.06. The van der Waals surface area contributed by atoms with Crippen LogP contribution in [0.25, 0.3) is 0 Å². The number of aliphatic hydroxyl groups is 1. The summed E-state index contributed by atoms with van der Waals surface area (Å²) in [4.78, 5) is 23.0. The number of hydrogen-bond acceptors (Lipinski definition) is 3. The van der Waals surface area contributed by atoms with Gasteiger partial charge in [0.05, 0.1) is 23.8 Å². The highest BCUT2D eigenvalue weighted by Crippen LogP contribution is 2.16. The van der Waals surface area contributed by atoms with Crippen LogP contribution < -0.4 is 5.32 Å². The van der Waals surface area contributed by atoms with Crippen LogP contribution in [0.3, 0.4) is 0 Å². The Morgan fingerprint density at radius 3 is 2.14 bits per heavy atom. The minimum atomic E-state index is -1.54. The van der Waals surface area contributed by atoms with Gasteiger partial charge in [-0.25, -0.2) is 13.6 Å². The molecule has 0 heterocycles. The molecule has 1 aromatic carbocycles. The van der Waals surface area contributed by atoms with E-state index in [0.29, 0.717) is 18.6 Å². The molecule has 0 aliphatic carbocycles. The molecule has 0 saturated carbocycles. The molecule has 3 N–H and O–H groups in total. The number of nitrogens with one attached hydrogen (secondary N) is 1. The molecular formula is C14H17F2NO4. The molecule has 1 rings (SSSR count). The summed E-state index contributed by atoms with van der Waals surface area (Å²) in [6, 6.07) is 0.410. The van der Waals surface area contributed by atoms with E-state index in [0.717, 1.165) is 0 Å². The molecule has 0 bridgehead atoms. The van der Waals surface area contributed by atoms with Gasteiger partial charge in [-0.2, -0.15) is 0 Å². The first-order chi connectivity index (χ1) is 9.76. The lowest BCUT2D eigenvalue weighted by molar-refractivity contribution is 0.0689. The van der Waals surface area contributed by atoms with E-state index in [1.807, 2.05) is 13.8 Å². The number of aliphatic hydroxyl groups excluding tert-OH is 1. The largest absolute Gasteiger partial charge is 0.478 e. The van der Waals surface area contributed by atoms with Gasteiger partial charge >= 0.3 is 5.97 Å². The SMILES string of the molecule is CC(C)CC(CO)NC(=O)c1cc(F)c(F)cc1C(=O)O. The third-order valence-corrected chi connectivity index (χ3v) is 2.85. The second kappa shape index (κ2) is 7.12. The molecule has 0 spiro atoms. The smallest absolute Gasteiger partial charge is 0.336 e. The zero-order valence-corrected chi connectivity index (χ0v) is 11.7. The average molecular weight is 301 g/mol.